The lowest BCUT2D eigenvalue weighted by Gasteiger charge is -2.18. The van der Waals surface area contributed by atoms with Crippen molar-refractivity contribution in [1.29, 1.82) is 0 Å². The molecule has 20 heavy (non-hydrogen) atoms. The monoisotopic (exact) mass is 280 g/mol. The summed E-state index contributed by atoms with van der Waals surface area (Å²) < 4.78 is 39.6. The summed E-state index contributed by atoms with van der Waals surface area (Å²) in [4.78, 5) is 4.19. The Balaban J connectivity index is 2.29. The molecule has 1 N–H and O–H groups in total. The maximum Gasteiger partial charge on any atom is 0.194 e. The topological polar surface area (TPSA) is 24.9 Å². The third kappa shape index (κ3) is 3.36. The van der Waals surface area contributed by atoms with Crippen molar-refractivity contribution in [3.05, 3.63) is 65.2 Å². The fraction of sp³-hybridized carbons (Fsp3) is 0.267. The van der Waals surface area contributed by atoms with Crippen LogP contribution in [0.5, 0.6) is 0 Å². The summed E-state index contributed by atoms with van der Waals surface area (Å²) in [6.45, 7) is 2.51. The summed E-state index contributed by atoms with van der Waals surface area (Å²) in [5.41, 5.74) is 1.16. The van der Waals surface area contributed by atoms with E-state index < -0.39 is 17.5 Å². The van der Waals surface area contributed by atoms with Gasteiger partial charge in [0.25, 0.3) is 0 Å². The largest absolute Gasteiger partial charge is 0.310 e. The van der Waals surface area contributed by atoms with E-state index in [4.69, 9.17) is 0 Å². The van der Waals surface area contributed by atoms with Gasteiger partial charge in [0, 0.05) is 24.4 Å². The zero-order valence-corrected chi connectivity index (χ0v) is 11.0. The second-order valence-electron chi connectivity index (χ2n) is 4.43. The number of aromatic nitrogens is 1. The number of pyridine rings is 1. The van der Waals surface area contributed by atoms with Crippen molar-refractivity contribution < 1.29 is 13.2 Å². The van der Waals surface area contributed by atoms with E-state index in [1.807, 2.05) is 19.1 Å². The summed E-state index contributed by atoms with van der Waals surface area (Å²) in [6, 6.07) is 7.20. The van der Waals surface area contributed by atoms with Crippen LogP contribution in [0.25, 0.3) is 0 Å². The van der Waals surface area contributed by atoms with Crippen LogP contribution in [0.4, 0.5) is 13.2 Å². The Morgan fingerprint density at radius 1 is 1.15 bits per heavy atom. The molecule has 0 saturated carbocycles. The van der Waals surface area contributed by atoms with E-state index in [-0.39, 0.29) is 6.04 Å². The van der Waals surface area contributed by atoms with Gasteiger partial charge in [0.1, 0.15) is 0 Å². The zero-order chi connectivity index (χ0) is 14.5. The summed E-state index contributed by atoms with van der Waals surface area (Å²) in [6.07, 6.45) is 2.13. The SMILES string of the molecule is CCNC(Cc1ccccn1)c1cc(F)c(F)c(F)c1. The highest BCUT2D eigenvalue weighted by Gasteiger charge is 2.17. The average Bonchev–Trinajstić information content (AvgIpc) is 2.45. The fourth-order valence-electron chi connectivity index (χ4n) is 2.06. The molecular formula is C15H15F3N2. The van der Waals surface area contributed by atoms with Crippen LogP contribution in [-0.2, 0) is 6.42 Å². The molecule has 0 fully saturated rings. The molecule has 0 radical (unpaired) electrons. The van der Waals surface area contributed by atoms with Crippen molar-refractivity contribution in [1.82, 2.24) is 10.3 Å². The van der Waals surface area contributed by atoms with Crippen LogP contribution in [0, 0.1) is 17.5 Å². The van der Waals surface area contributed by atoms with Gasteiger partial charge < -0.3 is 5.32 Å². The van der Waals surface area contributed by atoms with E-state index in [9.17, 15) is 13.2 Å². The third-order valence-electron chi connectivity index (χ3n) is 3.00. The lowest BCUT2D eigenvalue weighted by Crippen LogP contribution is -2.23. The quantitative estimate of drug-likeness (QED) is 0.849. The minimum atomic E-state index is -1.44. The average molecular weight is 280 g/mol. The number of nitrogens with one attached hydrogen (secondary N) is 1. The molecule has 1 aromatic heterocycles. The minimum absolute atomic E-state index is 0.320. The predicted molar refractivity (Wildman–Crippen MR) is 70.7 cm³/mol. The van der Waals surface area contributed by atoms with Crippen molar-refractivity contribution in [2.24, 2.45) is 0 Å². The summed E-state index contributed by atoms with van der Waals surface area (Å²) in [5.74, 6) is -3.80. The first-order valence-electron chi connectivity index (χ1n) is 6.39. The molecule has 2 aromatic rings. The smallest absolute Gasteiger partial charge is 0.194 e. The van der Waals surface area contributed by atoms with Crippen LogP contribution >= 0.6 is 0 Å². The summed E-state index contributed by atoms with van der Waals surface area (Å²) in [7, 11) is 0. The van der Waals surface area contributed by atoms with Crippen LogP contribution in [0.3, 0.4) is 0 Å². The van der Waals surface area contributed by atoms with Gasteiger partial charge in [-0.1, -0.05) is 13.0 Å². The molecule has 0 saturated heterocycles. The maximum absolute atomic E-state index is 13.3. The van der Waals surface area contributed by atoms with E-state index in [1.165, 1.54) is 0 Å². The Morgan fingerprint density at radius 2 is 1.85 bits per heavy atom. The Bertz CT molecular complexity index is 550. The molecule has 0 bridgehead atoms. The van der Waals surface area contributed by atoms with Gasteiger partial charge in [-0.2, -0.15) is 0 Å². The summed E-state index contributed by atoms with van der Waals surface area (Å²) >= 11 is 0. The molecule has 0 aliphatic carbocycles. The first kappa shape index (κ1) is 14.5. The molecule has 0 amide bonds. The number of benzene rings is 1. The molecule has 0 spiro atoms. The van der Waals surface area contributed by atoms with E-state index in [0.717, 1.165) is 17.8 Å². The molecule has 1 unspecified atom stereocenters. The minimum Gasteiger partial charge on any atom is -0.310 e. The van der Waals surface area contributed by atoms with Crippen molar-refractivity contribution >= 4 is 0 Å². The molecule has 0 aliphatic rings. The molecule has 106 valence electrons. The predicted octanol–water partition coefficient (Wildman–Crippen LogP) is 3.39. The van der Waals surface area contributed by atoms with E-state index in [2.05, 4.69) is 10.3 Å². The van der Waals surface area contributed by atoms with Gasteiger partial charge in [-0.25, -0.2) is 13.2 Å². The number of halogens is 3. The molecule has 2 rings (SSSR count). The number of rotatable bonds is 5. The van der Waals surface area contributed by atoms with Crippen LogP contribution < -0.4 is 5.32 Å². The van der Waals surface area contributed by atoms with Crippen LogP contribution in [0.1, 0.15) is 24.2 Å². The van der Waals surface area contributed by atoms with Crippen molar-refractivity contribution in [2.75, 3.05) is 6.54 Å². The van der Waals surface area contributed by atoms with Gasteiger partial charge in [-0.3, -0.25) is 4.98 Å². The highest BCUT2D eigenvalue weighted by Crippen LogP contribution is 2.22. The fourth-order valence-corrected chi connectivity index (χ4v) is 2.06. The van der Waals surface area contributed by atoms with Gasteiger partial charge in [0.2, 0.25) is 0 Å². The number of hydrogen-bond acceptors (Lipinski definition) is 2. The first-order valence-corrected chi connectivity index (χ1v) is 6.39. The van der Waals surface area contributed by atoms with Gasteiger partial charge in [-0.05, 0) is 36.4 Å². The van der Waals surface area contributed by atoms with Gasteiger partial charge >= 0.3 is 0 Å². The van der Waals surface area contributed by atoms with Gasteiger partial charge in [-0.15, -0.1) is 0 Å². The lowest BCUT2D eigenvalue weighted by atomic mass is 10.0. The zero-order valence-electron chi connectivity index (χ0n) is 11.0. The Kier molecular flexibility index (Phi) is 4.74. The first-order chi connectivity index (χ1) is 9.61. The molecule has 1 aromatic carbocycles. The van der Waals surface area contributed by atoms with Gasteiger partial charge in [0.05, 0.1) is 0 Å². The Morgan fingerprint density at radius 3 is 2.40 bits per heavy atom. The highest BCUT2D eigenvalue weighted by atomic mass is 19.2. The Labute approximate surface area is 115 Å². The van der Waals surface area contributed by atoms with E-state index >= 15 is 0 Å². The molecule has 2 nitrogen and oxygen atoms in total. The number of hydrogen-bond donors (Lipinski definition) is 1. The molecule has 1 heterocycles. The normalized spacial score (nSPS) is 12.4. The van der Waals surface area contributed by atoms with E-state index in [1.54, 1.807) is 12.3 Å². The van der Waals surface area contributed by atoms with Crippen LogP contribution in [-0.4, -0.2) is 11.5 Å². The number of nitrogens with zero attached hydrogens (tertiary/aromatic N) is 1. The molecule has 5 heteroatoms. The van der Waals surface area contributed by atoms with Crippen LogP contribution in [0.2, 0.25) is 0 Å². The molecule has 1 atom stereocenters. The Hall–Kier alpha value is -1.88. The van der Waals surface area contributed by atoms with E-state index in [0.29, 0.717) is 18.5 Å². The van der Waals surface area contributed by atoms with Crippen molar-refractivity contribution in [2.45, 2.75) is 19.4 Å². The van der Waals surface area contributed by atoms with Crippen molar-refractivity contribution in [3.8, 4) is 0 Å². The van der Waals surface area contributed by atoms with Gasteiger partial charge in [0.15, 0.2) is 17.5 Å². The summed E-state index contributed by atoms with van der Waals surface area (Å²) in [5, 5.41) is 3.13. The highest BCUT2D eigenvalue weighted by molar-refractivity contribution is 5.24. The molecular weight excluding hydrogens is 265 g/mol. The number of likely N-dealkylation sites (N-methyl/N-ethyl adjacent to an activating group) is 1. The maximum atomic E-state index is 13.3. The second kappa shape index (κ2) is 6.52. The van der Waals surface area contributed by atoms with Crippen molar-refractivity contribution in [3.63, 3.8) is 0 Å². The standard InChI is InChI=1S/C15H15F3N2/c1-2-19-14(9-11-5-3-4-6-20-11)10-7-12(16)15(18)13(17)8-10/h3-8,14,19H,2,9H2,1H3. The molecule has 0 aliphatic heterocycles. The second-order valence-corrected chi connectivity index (χ2v) is 4.43. The lowest BCUT2D eigenvalue weighted by molar-refractivity contribution is 0.439. The van der Waals surface area contributed by atoms with Crippen LogP contribution in [0.15, 0.2) is 36.5 Å². The third-order valence-corrected chi connectivity index (χ3v) is 3.00.